The van der Waals surface area contributed by atoms with Crippen LogP contribution in [0.25, 0.3) is 0 Å². The van der Waals surface area contributed by atoms with Crippen molar-refractivity contribution in [3.8, 4) is 5.75 Å². The number of carbonyl (C=O) groups excluding carboxylic acids is 2. The molecule has 2 aromatic rings. The quantitative estimate of drug-likeness (QED) is 0.549. The largest absolute Gasteiger partial charge is 0.494 e. The van der Waals surface area contributed by atoms with Crippen LogP contribution in [0.3, 0.4) is 0 Å². The first-order chi connectivity index (χ1) is 15.8. The van der Waals surface area contributed by atoms with Gasteiger partial charge in [0.15, 0.2) is 0 Å². The van der Waals surface area contributed by atoms with Gasteiger partial charge >= 0.3 is 6.18 Å². The van der Waals surface area contributed by atoms with Gasteiger partial charge in [-0.05, 0) is 67.6 Å². The highest BCUT2D eigenvalue weighted by atomic mass is 19.4. The molecule has 0 radical (unpaired) electrons. The Morgan fingerprint density at radius 1 is 1.15 bits per heavy atom. The molecule has 0 aliphatic carbocycles. The lowest BCUT2D eigenvalue weighted by molar-refractivity contribution is -0.137. The third kappa shape index (κ3) is 6.97. The zero-order chi connectivity index (χ0) is 23.8. The number of likely N-dealkylation sites (tertiary alicyclic amines) is 1. The Balaban J connectivity index is 1.64. The zero-order valence-corrected chi connectivity index (χ0v) is 18.7. The molecule has 2 aromatic carbocycles. The predicted octanol–water partition coefficient (Wildman–Crippen LogP) is 5.20. The number of hydrogen-bond acceptors (Lipinski definition) is 3. The third-order valence-electron chi connectivity index (χ3n) is 5.60. The molecule has 1 aliphatic heterocycles. The molecule has 1 unspecified atom stereocenters. The molecule has 8 heteroatoms. The van der Waals surface area contributed by atoms with Crippen molar-refractivity contribution in [3.05, 3.63) is 65.2 Å². The van der Waals surface area contributed by atoms with Crippen molar-refractivity contribution < 1.29 is 27.5 Å². The molecule has 0 aromatic heterocycles. The Labute approximate surface area is 191 Å². The maximum atomic E-state index is 13.1. The number of nitrogens with zero attached hydrogens (tertiary/aromatic N) is 1. The average molecular weight is 463 g/mol. The molecule has 2 amide bonds. The van der Waals surface area contributed by atoms with Crippen molar-refractivity contribution in [1.82, 2.24) is 10.2 Å². The summed E-state index contributed by atoms with van der Waals surface area (Å²) < 4.78 is 44.7. The van der Waals surface area contributed by atoms with Crippen LogP contribution in [0.4, 0.5) is 13.2 Å². The van der Waals surface area contributed by atoms with Crippen LogP contribution in [-0.4, -0.2) is 35.9 Å². The molecule has 1 N–H and O–H groups in total. The lowest BCUT2D eigenvalue weighted by Gasteiger charge is -2.25. The van der Waals surface area contributed by atoms with E-state index in [-0.39, 0.29) is 18.4 Å². The summed E-state index contributed by atoms with van der Waals surface area (Å²) in [5.41, 5.74) is 0.0809. The molecule has 1 heterocycles. The van der Waals surface area contributed by atoms with Crippen molar-refractivity contribution in [2.75, 3.05) is 13.2 Å². The van der Waals surface area contributed by atoms with Crippen LogP contribution in [0.5, 0.6) is 5.75 Å². The van der Waals surface area contributed by atoms with E-state index >= 15 is 0 Å². The molecule has 1 aliphatic rings. The number of halogens is 3. The maximum absolute atomic E-state index is 13.1. The summed E-state index contributed by atoms with van der Waals surface area (Å²) in [5.74, 6) is 0.0324. The summed E-state index contributed by atoms with van der Waals surface area (Å²) in [6.07, 6.45) is -0.516. The van der Waals surface area contributed by atoms with Crippen molar-refractivity contribution in [2.24, 2.45) is 0 Å². The number of rotatable bonds is 8. The molecular formula is C25H29F3N2O3. The van der Waals surface area contributed by atoms with Gasteiger partial charge in [-0.1, -0.05) is 25.5 Å². The second-order valence-electron chi connectivity index (χ2n) is 8.21. The van der Waals surface area contributed by atoms with Gasteiger partial charge in [0.2, 0.25) is 5.91 Å². The Kier molecular flexibility index (Phi) is 8.36. The van der Waals surface area contributed by atoms with Crippen LogP contribution in [-0.2, 0) is 17.5 Å². The van der Waals surface area contributed by atoms with Crippen molar-refractivity contribution in [2.45, 2.75) is 57.8 Å². The van der Waals surface area contributed by atoms with E-state index in [1.54, 1.807) is 30.3 Å². The van der Waals surface area contributed by atoms with Crippen molar-refractivity contribution in [1.29, 1.82) is 0 Å². The van der Waals surface area contributed by atoms with E-state index in [9.17, 15) is 22.8 Å². The van der Waals surface area contributed by atoms with E-state index in [0.717, 1.165) is 37.8 Å². The second-order valence-corrected chi connectivity index (χ2v) is 8.21. The van der Waals surface area contributed by atoms with E-state index in [2.05, 4.69) is 12.2 Å². The number of unbranched alkanes of at least 4 members (excludes halogenated alkanes) is 1. The van der Waals surface area contributed by atoms with Gasteiger partial charge in [0.25, 0.3) is 5.91 Å². The number of ether oxygens (including phenoxy) is 1. The maximum Gasteiger partial charge on any atom is 0.416 e. The minimum absolute atomic E-state index is 0.0684. The van der Waals surface area contributed by atoms with E-state index in [4.69, 9.17) is 4.74 Å². The van der Waals surface area contributed by atoms with E-state index in [1.807, 2.05) is 0 Å². The second kappa shape index (κ2) is 11.2. The zero-order valence-electron chi connectivity index (χ0n) is 18.7. The Morgan fingerprint density at radius 2 is 1.91 bits per heavy atom. The lowest BCUT2D eigenvalue weighted by atomic mass is 10.1. The average Bonchev–Trinajstić information content (AvgIpc) is 2.96. The van der Waals surface area contributed by atoms with E-state index < -0.39 is 17.8 Å². The molecular weight excluding hydrogens is 433 g/mol. The fraction of sp³-hybridized carbons (Fsp3) is 0.440. The predicted molar refractivity (Wildman–Crippen MR) is 119 cm³/mol. The number of amides is 2. The number of nitrogens with one attached hydrogen (secondary N) is 1. The van der Waals surface area contributed by atoms with Crippen molar-refractivity contribution in [3.63, 3.8) is 0 Å². The first-order valence-corrected chi connectivity index (χ1v) is 11.3. The first-order valence-electron chi connectivity index (χ1n) is 11.3. The molecule has 0 spiro atoms. The Bertz CT molecular complexity index is 945. The molecule has 1 saturated heterocycles. The highest BCUT2D eigenvalue weighted by Crippen LogP contribution is 2.30. The van der Waals surface area contributed by atoms with E-state index in [1.165, 1.54) is 11.0 Å². The van der Waals surface area contributed by atoms with Crippen LogP contribution in [0.2, 0.25) is 0 Å². The number of alkyl halides is 3. The fourth-order valence-electron chi connectivity index (χ4n) is 3.74. The molecule has 5 nitrogen and oxygen atoms in total. The molecule has 1 fully saturated rings. The number of benzene rings is 2. The Hall–Kier alpha value is -3.03. The standard InChI is InChI=1S/C25H29F3N2O3/c1-2-3-15-33-21-12-10-19(11-13-21)23(31)29-22-9-4-5-14-30(24(22)32)17-18-7-6-8-20(16-18)25(26,27)28/h6-8,10-13,16,22H,2-5,9,14-15,17H2,1H3,(H,29,31). The highest BCUT2D eigenvalue weighted by molar-refractivity contribution is 5.97. The van der Waals surface area contributed by atoms with Crippen LogP contribution in [0.15, 0.2) is 48.5 Å². The first kappa shape index (κ1) is 24.6. The summed E-state index contributed by atoms with van der Waals surface area (Å²) in [4.78, 5) is 27.3. The van der Waals surface area contributed by atoms with Gasteiger partial charge in [0.05, 0.1) is 12.2 Å². The van der Waals surface area contributed by atoms with Crippen LogP contribution >= 0.6 is 0 Å². The summed E-state index contributed by atoms with van der Waals surface area (Å²) >= 11 is 0. The third-order valence-corrected chi connectivity index (χ3v) is 5.60. The lowest BCUT2D eigenvalue weighted by Crippen LogP contribution is -2.47. The van der Waals surface area contributed by atoms with Gasteiger partial charge in [0, 0.05) is 18.7 Å². The normalized spacial score (nSPS) is 16.9. The van der Waals surface area contributed by atoms with E-state index in [0.29, 0.717) is 36.4 Å². The Morgan fingerprint density at radius 3 is 2.61 bits per heavy atom. The summed E-state index contributed by atoms with van der Waals surface area (Å²) in [6.45, 7) is 3.19. The molecule has 1 atom stereocenters. The van der Waals surface area contributed by atoms with Gasteiger partial charge in [0.1, 0.15) is 11.8 Å². The van der Waals surface area contributed by atoms with Crippen LogP contribution in [0.1, 0.15) is 60.5 Å². The van der Waals surface area contributed by atoms with Gasteiger partial charge in [-0.15, -0.1) is 0 Å². The SMILES string of the molecule is CCCCOc1ccc(C(=O)NC2CCCCN(Cc3cccc(C(F)(F)F)c3)C2=O)cc1. The van der Waals surface area contributed by atoms with Gasteiger partial charge in [-0.3, -0.25) is 9.59 Å². The molecule has 0 saturated carbocycles. The molecule has 3 rings (SSSR count). The summed E-state index contributed by atoms with van der Waals surface area (Å²) in [7, 11) is 0. The summed E-state index contributed by atoms with van der Waals surface area (Å²) in [5, 5.41) is 2.80. The molecule has 0 bridgehead atoms. The summed E-state index contributed by atoms with van der Waals surface area (Å²) in [6, 6.07) is 11.0. The van der Waals surface area contributed by atoms with Crippen LogP contribution in [0, 0.1) is 0 Å². The molecule has 178 valence electrons. The topological polar surface area (TPSA) is 58.6 Å². The number of hydrogen-bond donors (Lipinski definition) is 1. The smallest absolute Gasteiger partial charge is 0.416 e. The number of carbonyl (C=O) groups is 2. The highest BCUT2D eigenvalue weighted by Gasteiger charge is 2.32. The minimum atomic E-state index is -4.44. The van der Waals surface area contributed by atoms with Gasteiger partial charge in [-0.25, -0.2) is 0 Å². The minimum Gasteiger partial charge on any atom is -0.494 e. The molecule has 33 heavy (non-hydrogen) atoms. The van der Waals surface area contributed by atoms with Gasteiger partial charge in [-0.2, -0.15) is 13.2 Å². The van der Waals surface area contributed by atoms with Crippen molar-refractivity contribution >= 4 is 11.8 Å². The monoisotopic (exact) mass is 462 g/mol. The van der Waals surface area contributed by atoms with Gasteiger partial charge < -0.3 is 15.0 Å². The fourth-order valence-corrected chi connectivity index (χ4v) is 3.74. The van der Waals surface area contributed by atoms with Crippen LogP contribution < -0.4 is 10.1 Å².